The van der Waals surface area contributed by atoms with Crippen LogP contribution in [0.5, 0.6) is 0 Å². The first-order chi connectivity index (χ1) is 6.75. The van der Waals surface area contributed by atoms with E-state index in [0.29, 0.717) is 12.1 Å². The van der Waals surface area contributed by atoms with Crippen LogP contribution in [0, 0.1) is 5.82 Å². The van der Waals surface area contributed by atoms with Crippen molar-refractivity contribution >= 4 is 17.6 Å². The molecule has 0 fully saturated rings. The highest BCUT2D eigenvalue weighted by atomic mass is 35.5. The molecule has 1 N–H and O–H groups in total. The summed E-state index contributed by atoms with van der Waals surface area (Å²) in [7, 11) is 0. The molecular weight excluding hydrogens is 240 g/mol. The molecule has 0 aliphatic rings. The van der Waals surface area contributed by atoms with E-state index in [1.807, 2.05) is 0 Å². The number of benzene rings is 1. The Kier molecular flexibility index (Phi) is 2.90. The molecule has 0 radical (unpaired) electrons. The van der Waals surface area contributed by atoms with Gasteiger partial charge in [-0.15, -0.1) is 0 Å². The Morgan fingerprint density at radius 2 is 1.87 bits per heavy atom. The van der Waals surface area contributed by atoms with Crippen molar-refractivity contribution in [2.45, 2.75) is 6.18 Å². The van der Waals surface area contributed by atoms with Crippen molar-refractivity contribution in [2.75, 3.05) is 0 Å². The molecule has 0 amide bonds. The normalized spacial score (nSPS) is 11.5. The molecule has 0 bridgehead atoms. The minimum atomic E-state index is -4.93. The summed E-state index contributed by atoms with van der Waals surface area (Å²) in [6, 6.07) is 1.08. The second-order valence-corrected chi connectivity index (χ2v) is 2.99. The molecule has 0 aliphatic carbocycles. The van der Waals surface area contributed by atoms with E-state index in [0.717, 1.165) is 0 Å². The molecule has 0 aromatic heterocycles. The fraction of sp³-hybridized carbons (Fsp3) is 0.125. The van der Waals surface area contributed by atoms with Crippen molar-refractivity contribution in [3.05, 3.63) is 34.1 Å². The Morgan fingerprint density at radius 1 is 1.33 bits per heavy atom. The number of hydrogen-bond donors (Lipinski definition) is 1. The van der Waals surface area contributed by atoms with E-state index in [4.69, 9.17) is 16.7 Å². The number of aromatic carboxylic acids is 1. The lowest BCUT2D eigenvalue weighted by Crippen LogP contribution is -2.15. The van der Waals surface area contributed by atoms with Crippen molar-refractivity contribution in [3.8, 4) is 0 Å². The van der Waals surface area contributed by atoms with Gasteiger partial charge >= 0.3 is 12.1 Å². The van der Waals surface area contributed by atoms with E-state index >= 15 is 0 Å². The van der Waals surface area contributed by atoms with Gasteiger partial charge in [0.2, 0.25) is 0 Å². The van der Waals surface area contributed by atoms with Gasteiger partial charge in [0.15, 0.2) is 5.82 Å². The van der Waals surface area contributed by atoms with Gasteiger partial charge in [0, 0.05) is 0 Å². The molecule has 0 saturated heterocycles. The van der Waals surface area contributed by atoms with Crippen molar-refractivity contribution in [3.63, 3.8) is 0 Å². The summed E-state index contributed by atoms with van der Waals surface area (Å²) in [5, 5.41) is 7.77. The second kappa shape index (κ2) is 3.69. The molecule has 7 heteroatoms. The lowest BCUT2D eigenvalue weighted by atomic mass is 10.1. The lowest BCUT2D eigenvalue weighted by Gasteiger charge is -2.11. The summed E-state index contributed by atoms with van der Waals surface area (Å²) in [4.78, 5) is 10.4. The molecule has 1 rings (SSSR count). The van der Waals surface area contributed by atoms with Gasteiger partial charge in [-0.1, -0.05) is 11.6 Å². The van der Waals surface area contributed by atoms with Crippen molar-refractivity contribution in [1.29, 1.82) is 0 Å². The number of alkyl halides is 3. The minimum Gasteiger partial charge on any atom is -0.478 e. The highest BCUT2D eigenvalue weighted by Crippen LogP contribution is 2.35. The average molecular weight is 243 g/mol. The number of hydrogen-bond acceptors (Lipinski definition) is 1. The summed E-state index contributed by atoms with van der Waals surface area (Å²) in [6.45, 7) is 0. The predicted octanol–water partition coefficient (Wildman–Crippen LogP) is 3.20. The van der Waals surface area contributed by atoms with Gasteiger partial charge < -0.3 is 5.11 Å². The SMILES string of the molecule is O=C(O)c1c(C(F)(F)F)ccc(Cl)c1F. The first-order valence-corrected chi connectivity index (χ1v) is 3.91. The zero-order chi connectivity index (χ0) is 11.8. The molecule has 82 valence electrons. The van der Waals surface area contributed by atoms with E-state index in [1.165, 1.54) is 0 Å². The zero-order valence-electron chi connectivity index (χ0n) is 6.90. The maximum absolute atomic E-state index is 13.0. The van der Waals surface area contributed by atoms with Crippen molar-refractivity contribution in [2.24, 2.45) is 0 Å². The first-order valence-electron chi connectivity index (χ1n) is 3.53. The summed E-state index contributed by atoms with van der Waals surface area (Å²) in [5.74, 6) is -3.60. The third kappa shape index (κ3) is 2.20. The minimum absolute atomic E-state index is 0.425. The van der Waals surface area contributed by atoms with Crippen LogP contribution in [0.1, 0.15) is 15.9 Å². The second-order valence-electron chi connectivity index (χ2n) is 2.59. The topological polar surface area (TPSA) is 37.3 Å². The standard InChI is InChI=1S/C8H3ClF4O2/c9-4-2-1-3(8(11,12)13)5(6(4)10)7(14)15/h1-2H,(H,14,15). The monoisotopic (exact) mass is 242 g/mol. The van der Waals surface area contributed by atoms with Gasteiger partial charge in [-0.2, -0.15) is 13.2 Å². The Hall–Kier alpha value is -1.30. The Bertz CT molecular complexity index is 414. The molecule has 15 heavy (non-hydrogen) atoms. The highest BCUT2D eigenvalue weighted by molar-refractivity contribution is 6.31. The molecule has 0 saturated carbocycles. The summed E-state index contributed by atoms with van der Waals surface area (Å²) < 4.78 is 49.8. The largest absolute Gasteiger partial charge is 0.478 e. The van der Waals surface area contributed by atoms with Gasteiger partial charge in [-0.25, -0.2) is 9.18 Å². The van der Waals surface area contributed by atoms with Crippen LogP contribution in [0.25, 0.3) is 0 Å². The third-order valence-corrected chi connectivity index (χ3v) is 1.91. The van der Waals surface area contributed by atoms with Gasteiger partial charge in [0.25, 0.3) is 0 Å². The number of halogens is 5. The van der Waals surface area contributed by atoms with Gasteiger partial charge in [-0.3, -0.25) is 0 Å². The smallest absolute Gasteiger partial charge is 0.417 e. The lowest BCUT2D eigenvalue weighted by molar-refractivity contribution is -0.138. The molecule has 0 aliphatic heterocycles. The van der Waals surface area contributed by atoms with Crippen LogP contribution in [0.3, 0.4) is 0 Å². The molecule has 1 aromatic rings. The van der Waals surface area contributed by atoms with E-state index < -0.39 is 34.1 Å². The van der Waals surface area contributed by atoms with E-state index in [9.17, 15) is 22.4 Å². The predicted molar refractivity (Wildman–Crippen MR) is 43.4 cm³/mol. The first kappa shape index (κ1) is 11.8. The fourth-order valence-corrected chi connectivity index (χ4v) is 1.15. The van der Waals surface area contributed by atoms with Crippen LogP contribution in [-0.2, 0) is 6.18 Å². The maximum Gasteiger partial charge on any atom is 0.417 e. The molecular formula is C8H3ClF4O2. The quantitative estimate of drug-likeness (QED) is 0.768. The zero-order valence-corrected chi connectivity index (χ0v) is 7.66. The van der Waals surface area contributed by atoms with Crippen LogP contribution < -0.4 is 0 Å². The molecule has 0 unspecified atom stereocenters. The van der Waals surface area contributed by atoms with Crippen LogP contribution in [0.2, 0.25) is 5.02 Å². The van der Waals surface area contributed by atoms with Gasteiger partial charge in [0.05, 0.1) is 10.6 Å². The van der Waals surface area contributed by atoms with Crippen molar-refractivity contribution in [1.82, 2.24) is 0 Å². The maximum atomic E-state index is 13.0. The average Bonchev–Trinajstić information content (AvgIpc) is 2.06. The molecule has 2 nitrogen and oxygen atoms in total. The fourth-order valence-electron chi connectivity index (χ4n) is 0.996. The Balaban J connectivity index is 3.55. The van der Waals surface area contributed by atoms with Gasteiger partial charge in [-0.05, 0) is 12.1 Å². The Morgan fingerprint density at radius 3 is 2.27 bits per heavy atom. The number of carboxylic acid groups (broad SMARTS) is 1. The van der Waals surface area contributed by atoms with Crippen molar-refractivity contribution < 1.29 is 27.5 Å². The van der Waals surface area contributed by atoms with Gasteiger partial charge in [0.1, 0.15) is 5.56 Å². The summed E-state index contributed by atoms with van der Waals surface area (Å²) in [6.07, 6.45) is -4.93. The van der Waals surface area contributed by atoms with E-state index in [2.05, 4.69) is 0 Å². The Labute approximate surface area is 86.1 Å². The number of carboxylic acids is 1. The molecule has 0 spiro atoms. The highest BCUT2D eigenvalue weighted by Gasteiger charge is 2.37. The van der Waals surface area contributed by atoms with E-state index in [1.54, 1.807) is 0 Å². The van der Waals surface area contributed by atoms with Crippen LogP contribution in [-0.4, -0.2) is 11.1 Å². The molecule has 0 atom stereocenters. The number of carbonyl (C=O) groups is 1. The van der Waals surface area contributed by atoms with Crippen LogP contribution >= 0.6 is 11.6 Å². The summed E-state index contributed by atoms with van der Waals surface area (Å²) in [5.41, 5.74) is -3.02. The van der Waals surface area contributed by atoms with Crippen LogP contribution in [0.4, 0.5) is 17.6 Å². The van der Waals surface area contributed by atoms with Crippen LogP contribution in [0.15, 0.2) is 12.1 Å². The number of rotatable bonds is 1. The third-order valence-electron chi connectivity index (χ3n) is 1.61. The summed E-state index contributed by atoms with van der Waals surface area (Å²) >= 11 is 5.17. The molecule has 0 heterocycles. The van der Waals surface area contributed by atoms with E-state index in [-0.39, 0.29) is 0 Å². The molecule has 1 aromatic carbocycles.